The largest absolute Gasteiger partial charge is 0.355 e. The Morgan fingerprint density at radius 3 is 2.82 bits per heavy atom. The molecule has 1 fully saturated rings. The van der Waals surface area contributed by atoms with Gasteiger partial charge in [-0.15, -0.1) is 0 Å². The molecule has 1 unspecified atom stereocenters. The lowest BCUT2D eigenvalue weighted by atomic mass is 10.1. The average Bonchev–Trinajstić information content (AvgIpc) is 3.00. The van der Waals surface area contributed by atoms with Gasteiger partial charge in [0.1, 0.15) is 0 Å². The van der Waals surface area contributed by atoms with Crippen molar-refractivity contribution in [1.82, 2.24) is 15.5 Å². The lowest BCUT2D eigenvalue weighted by Crippen LogP contribution is -2.39. The van der Waals surface area contributed by atoms with Gasteiger partial charge in [0.25, 0.3) is 0 Å². The maximum Gasteiger partial charge on any atom is 0.191 e. The van der Waals surface area contributed by atoms with Gasteiger partial charge in [0, 0.05) is 31.9 Å². The lowest BCUT2D eigenvalue weighted by Gasteiger charge is -2.15. The molecule has 1 atom stereocenters. The van der Waals surface area contributed by atoms with Crippen molar-refractivity contribution in [2.75, 3.05) is 33.4 Å². The normalized spacial score (nSPS) is 18.7. The maximum absolute atomic E-state index is 4.31. The zero-order valence-electron chi connectivity index (χ0n) is 13.9. The highest BCUT2D eigenvalue weighted by molar-refractivity contribution is 8.00. The molecule has 0 aromatic heterocycles. The molecule has 5 heteroatoms. The van der Waals surface area contributed by atoms with Gasteiger partial charge >= 0.3 is 0 Å². The quantitative estimate of drug-likeness (QED) is 0.623. The van der Waals surface area contributed by atoms with Crippen LogP contribution in [0.1, 0.15) is 24.0 Å². The molecule has 122 valence electrons. The number of nitrogens with zero attached hydrogens (tertiary/aromatic N) is 2. The highest BCUT2D eigenvalue weighted by Gasteiger charge is 2.15. The van der Waals surface area contributed by atoms with Gasteiger partial charge in [-0.3, -0.25) is 4.99 Å². The summed E-state index contributed by atoms with van der Waals surface area (Å²) in [4.78, 5) is 6.50. The van der Waals surface area contributed by atoms with Gasteiger partial charge in [0.2, 0.25) is 0 Å². The number of rotatable bonds is 6. The molecule has 1 aliphatic rings. The number of nitrogens with one attached hydrogen (secondary N) is 2. The van der Waals surface area contributed by atoms with Crippen molar-refractivity contribution < 1.29 is 0 Å². The van der Waals surface area contributed by atoms with E-state index in [0.29, 0.717) is 0 Å². The molecule has 22 heavy (non-hydrogen) atoms. The minimum absolute atomic E-state index is 0.738. The summed E-state index contributed by atoms with van der Waals surface area (Å²) < 4.78 is 0. The molecule has 2 rings (SSSR count). The highest BCUT2D eigenvalue weighted by atomic mass is 32.2. The van der Waals surface area contributed by atoms with Crippen LogP contribution in [0.3, 0.4) is 0 Å². The third-order valence-electron chi connectivity index (χ3n) is 3.69. The third kappa shape index (κ3) is 5.89. The Labute approximate surface area is 138 Å². The molecule has 1 aromatic rings. The molecular weight excluding hydrogens is 292 g/mol. The molecule has 0 amide bonds. The van der Waals surface area contributed by atoms with Gasteiger partial charge < -0.3 is 15.5 Å². The van der Waals surface area contributed by atoms with Crippen LogP contribution in [0, 0.1) is 0 Å². The highest BCUT2D eigenvalue weighted by Crippen LogP contribution is 2.25. The summed E-state index contributed by atoms with van der Waals surface area (Å²) in [6.07, 6.45) is 2.67. The van der Waals surface area contributed by atoms with E-state index in [4.69, 9.17) is 0 Å². The zero-order chi connectivity index (χ0) is 15.8. The van der Waals surface area contributed by atoms with E-state index in [1.165, 1.54) is 29.7 Å². The third-order valence-corrected chi connectivity index (χ3v) is 5.09. The fourth-order valence-electron chi connectivity index (χ4n) is 2.63. The van der Waals surface area contributed by atoms with Crippen LogP contribution in [-0.2, 0) is 13.1 Å². The van der Waals surface area contributed by atoms with Crippen LogP contribution >= 0.6 is 11.8 Å². The van der Waals surface area contributed by atoms with Crippen LogP contribution in [0.2, 0.25) is 0 Å². The standard InChI is InChI=1S/C17H28N4S/c1-18-17(20-12-16-8-5-9-22-16)19-11-14-6-4-7-15(10-14)13-21(2)3/h4,6-7,10,16H,5,8-9,11-13H2,1-3H3,(H2,18,19,20). The molecule has 0 radical (unpaired) electrons. The van der Waals surface area contributed by atoms with Crippen molar-refractivity contribution >= 4 is 17.7 Å². The lowest BCUT2D eigenvalue weighted by molar-refractivity contribution is 0.402. The van der Waals surface area contributed by atoms with E-state index < -0.39 is 0 Å². The number of guanidine groups is 1. The van der Waals surface area contributed by atoms with Crippen molar-refractivity contribution in [2.24, 2.45) is 4.99 Å². The molecule has 0 aliphatic carbocycles. The Morgan fingerprint density at radius 1 is 1.32 bits per heavy atom. The van der Waals surface area contributed by atoms with Gasteiger partial charge in [0.05, 0.1) is 0 Å². The first-order chi connectivity index (χ1) is 10.7. The van der Waals surface area contributed by atoms with Crippen molar-refractivity contribution in [1.29, 1.82) is 0 Å². The van der Waals surface area contributed by atoms with Crippen molar-refractivity contribution in [3.05, 3.63) is 35.4 Å². The fourth-order valence-corrected chi connectivity index (χ4v) is 3.83. The predicted molar refractivity (Wildman–Crippen MR) is 97.5 cm³/mol. The molecule has 1 aromatic carbocycles. The minimum atomic E-state index is 0.738. The van der Waals surface area contributed by atoms with Gasteiger partial charge in [-0.25, -0.2) is 0 Å². The maximum atomic E-state index is 4.31. The first kappa shape index (κ1) is 17.2. The number of thioether (sulfide) groups is 1. The molecule has 2 N–H and O–H groups in total. The topological polar surface area (TPSA) is 39.7 Å². The molecule has 0 saturated carbocycles. The molecule has 1 saturated heterocycles. The van der Waals surface area contributed by atoms with Crippen LogP contribution in [0.15, 0.2) is 29.3 Å². The fraction of sp³-hybridized carbons (Fsp3) is 0.588. The molecule has 4 nitrogen and oxygen atoms in total. The Hall–Kier alpha value is -1.20. The van der Waals surface area contributed by atoms with Crippen LogP contribution in [0.5, 0.6) is 0 Å². The van der Waals surface area contributed by atoms with E-state index in [9.17, 15) is 0 Å². The van der Waals surface area contributed by atoms with Gasteiger partial charge in [0.15, 0.2) is 5.96 Å². The molecule has 1 aliphatic heterocycles. The summed E-state index contributed by atoms with van der Waals surface area (Å²) in [6.45, 7) is 2.78. The number of hydrogen-bond acceptors (Lipinski definition) is 3. The summed E-state index contributed by atoms with van der Waals surface area (Å²) in [7, 11) is 6.02. The second-order valence-corrected chi connectivity index (χ2v) is 7.41. The summed E-state index contributed by atoms with van der Waals surface area (Å²) in [6, 6.07) is 8.72. The van der Waals surface area contributed by atoms with Crippen molar-refractivity contribution in [2.45, 2.75) is 31.2 Å². The molecular formula is C17H28N4S. The van der Waals surface area contributed by atoms with Crippen molar-refractivity contribution in [3.8, 4) is 0 Å². The second kappa shape index (κ2) is 9.06. The van der Waals surface area contributed by atoms with Crippen LogP contribution < -0.4 is 10.6 Å². The number of aliphatic imine (C=N–C) groups is 1. The number of hydrogen-bond donors (Lipinski definition) is 2. The Morgan fingerprint density at radius 2 is 2.14 bits per heavy atom. The second-order valence-electron chi connectivity index (χ2n) is 6.00. The monoisotopic (exact) mass is 320 g/mol. The Balaban J connectivity index is 1.79. The van der Waals surface area contributed by atoms with Crippen LogP contribution in [-0.4, -0.2) is 49.6 Å². The summed E-state index contributed by atoms with van der Waals surface area (Å²) in [5.74, 6) is 2.20. The van der Waals surface area contributed by atoms with E-state index in [0.717, 1.165) is 30.8 Å². The van der Waals surface area contributed by atoms with Crippen LogP contribution in [0.4, 0.5) is 0 Å². The van der Waals surface area contributed by atoms with Gasteiger partial charge in [-0.05, 0) is 43.8 Å². The average molecular weight is 321 g/mol. The molecule has 1 heterocycles. The van der Waals surface area contributed by atoms with Gasteiger partial charge in [-0.2, -0.15) is 11.8 Å². The van der Waals surface area contributed by atoms with E-state index >= 15 is 0 Å². The minimum Gasteiger partial charge on any atom is -0.355 e. The summed E-state index contributed by atoms with van der Waals surface area (Å²) in [5, 5.41) is 7.58. The van der Waals surface area contributed by atoms with E-state index in [1.54, 1.807) is 0 Å². The van der Waals surface area contributed by atoms with E-state index in [-0.39, 0.29) is 0 Å². The Kier molecular flexibility index (Phi) is 7.06. The van der Waals surface area contributed by atoms with E-state index in [1.807, 2.05) is 7.05 Å². The van der Waals surface area contributed by atoms with Crippen LogP contribution in [0.25, 0.3) is 0 Å². The summed E-state index contributed by atoms with van der Waals surface area (Å²) in [5.41, 5.74) is 2.63. The molecule has 0 bridgehead atoms. The number of benzene rings is 1. The van der Waals surface area contributed by atoms with E-state index in [2.05, 4.69) is 70.6 Å². The first-order valence-corrected chi connectivity index (χ1v) is 9.01. The predicted octanol–water partition coefficient (Wildman–Crippen LogP) is 2.31. The first-order valence-electron chi connectivity index (χ1n) is 7.96. The van der Waals surface area contributed by atoms with Gasteiger partial charge in [-0.1, -0.05) is 24.3 Å². The zero-order valence-corrected chi connectivity index (χ0v) is 14.7. The van der Waals surface area contributed by atoms with Crippen molar-refractivity contribution in [3.63, 3.8) is 0 Å². The molecule has 0 spiro atoms. The Bertz CT molecular complexity index is 481. The summed E-state index contributed by atoms with van der Waals surface area (Å²) >= 11 is 2.07. The smallest absolute Gasteiger partial charge is 0.191 e. The SMILES string of the molecule is CN=C(NCc1cccc(CN(C)C)c1)NCC1CCCS1.